The molecule has 0 N–H and O–H groups in total. The van der Waals surface area contributed by atoms with Crippen LogP contribution in [0, 0.1) is 17.2 Å². The van der Waals surface area contributed by atoms with Crippen LogP contribution in [0.25, 0.3) is 0 Å². The molecule has 4 heteroatoms. The minimum absolute atomic E-state index is 0.0782. The third-order valence-electron chi connectivity index (χ3n) is 2.68. The highest BCUT2D eigenvalue weighted by Crippen LogP contribution is 2.20. The van der Waals surface area contributed by atoms with Crippen LogP contribution in [0.2, 0.25) is 0 Å². The molecule has 0 aliphatic carbocycles. The average molecular weight is 279 g/mol. The summed E-state index contributed by atoms with van der Waals surface area (Å²) in [5, 5.41) is 8.77. The average Bonchev–Trinajstić information content (AvgIpc) is 2.63. The van der Waals surface area contributed by atoms with Crippen molar-refractivity contribution in [3.8, 4) is 6.07 Å². The van der Waals surface area contributed by atoms with Crippen molar-refractivity contribution >= 4 is 21.8 Å². The normalized spacial score (nSPS) is 19.9. The molecular weight excluding hydrogens is 268 g/mol. The van der Waals surface area contributed by atoms with E-state index in [0.717, 1.165) is 10.0 Å². The topological polar surface area (TPSA) is 44.1 Å². The Bertz CT molecular complexity index is 435. The Morgan fingerprint density at radius 3 is 2.69 bits per heavy atom. The first-order valence-corrected chi connectivity index (χ1v) is 5.90. The lowest BCUT2D eigenvalue weighted by molar-refractivity contribution is -0.128. The van der Waals surface area contributed by atoms with Crippen LogP contribution in [0.4, 0.5) is 0 Å². The van der Waals surface area contributed by atoms with E-state index in [4.69, 9.17) is 5.26 Å². The van der Waals surface area contributed by atoms with E-state index in [2.05, 4.69) is 22.0 Å². The number of carbonyl (C=O) groups is 1. The van der Waals surface area contributed by atoms with Crippen LogP contribution in [0.3, 0.4) is 0 Å². The van der Waals surface area contributed by atoms with Crippen LogP contribution >= 0.6 is 15.9 Å². The summed E-state index contributed by atoms with van der Waals surface area (Å²) in [6.07, 6.45) is 0.368. The number of rotatable bonds is 2. The molecule has 1 unspecified atom stereocenters. The molecular formula is C12H11BrN2O. The van der Waals surface area contributed by atoms with Crippen LogP contribution in [-0.4, -0.2) is 17.4 Å². The fourth-order valence-electron chi connectivity index (χ4n) is 1.82. The number of benzene rings is 1. The van der Waals surface area contributed by atoms with Gasteiger partial charge in [0.25, 0.3) is 0 Å². The van der Waals surface area contributed by atoms with Gasteiger partial charge in [-0.2, -0.15) is 5.26 Å². The molecule has 0 spiro atoms. The van der Waals surface area contributed by atoms with Crippen LogP contribution in [0.15, 0.2) is 28.7 Å². The Balaban J connectivity index is 2.03. The number of hydrogen-bond donors (Lipinski definition) is 0. The summed E-state index contributed by atoms with van der Waals surface area (Å²) >= 11 is 3.37. The lowest BCUT2D eigenvalue weighted by atomic mass is 10.1. The van der Waals surface area contributed by atoms with Gasteiger partial charge in [-0.1, -0.05) is 28.1 Å². The minimum atomic E-state index is -0.136. The summed E-state index contributed by atoms with van der Waals surface area (Å²) in [7, 11) is 0. The monoisotopic (exact) mass is 278 g/mol. The Kier molecular flexibility index (Phi) is 3.25. The lowest BCUT2D eigenvalue weighted by Crippen LogP contribution is -2.24. The van der Waals surface area contributed by atoms with Gasteiger partial charge in [-0.15, -0.1) is 0 Å². The number of hydrogen-bond acceptors (Lipinski definition) is 2. The summed E-state index contributed by atoms with van der Waals surface area (Å²) in [6.45, 7) is 1.16. The third-order valence-corrected chi connectivity index (χ3v) is 3.21. The molecule has 1 atom stereocenters. The maximum absolute atomic E-state index is 11.6. The molecule has 1 saturated heterocycles. The van der Waals surface area contributed by atoms with Gasteiger partial charge in [-0.3, -0.25) is 4.79 Å². The molecule has 1 fully saturated rings. The molecule has 1 aliphatic rings. The number of amides is 1. The molecule has 3 nitrogen and oxygen atoms in total. The summed E-state index contributed by atoms with van der Waals surface area (Å²) < 4.78 is 1.03. The van der Waals surface area contributed by atoms with Crippen molar-refractivity contribution in [1.29, 1.82) is 5.26 Å². The minimum Gasteiger partial charge on any atom is -0.337 e. The Labute approximate surface area is 103 Å². The summed E-state index contributed by atoms with van der Waals surface area (Å²) in [6, 6.07) is 10.0. The predicted molar refractivity (Wildman–Crippen MR) is 63.3 cm³/mol. The first kappa shape index (κ1) is 11.2. The van der Waals surface area contributed by atoms with E-state index in [1.54, 1.807) is 4.90 Å². The summed E-state index contributed by atoms with van der Waals surface area (Å²) in [5.74, 6) is -0.0579. The van der Waals surface area contributed by atoms with Gasteiger partial charge < -0.3 is 4.90 Å². The highest BCUT2D eigenvalue weighted by Gasteiger charge is 2.29. The van der Waals surface area contributed by atoms with Gasteiger partial charge in [0, 0.05) is 24.0 Å². The molecule has 1 heterocycles. The highest BCUT2D eigenvalue weighted by molar-refractivity contribution is 9.10. The number of halogens is 1. The second kappa shape index (κ2) is 4.67. The van der Waals surface area contributed by atoms with Crippen molar-refractivity contribution in [2.75, 3.05) is 6.54 Å². The molecule has 0 saturated carbocycles. The molecule has 82 valence electrons. The maximum atomic E-state index is 11.6. The van der Waals surface area contributed by atoms with Crippen LogP contribution < -0.4 is 0 Å². The van der Waals surface area contributed by atoms with Crippen molar-refractivity contribution in [2.24, 2.45) is 5.92 Å². The second-order valence-corrected chi connectivity index (χ2v) is 4.85. The van der Waals surface area contributed by atoms with Crippen molar-refractivity contribution in [2.45, 2.75) is 13.0 Å². The molecule has 0 aromatic heterocycles. The molecule has 1 aromatic rings. The van der Waals surface area contributed by atoms with E-state index in [-0.39, 0.29) is 11.8 Å². The highest BCUT2D eigenvalue weighted by atomic mass is 79.9. The molecule has 0 bridgehead atoms. The molecule has 0 radical (unpaired) electrons. The quantitative estimate of drug-likeness (QED) is 0.834. The van der Waals surface area contributed by atoms with E-state index in [1.165, 1.54) is 0 Å². The SMILES string of the molecule is N#CC1CC(=O)N(Cc2ccc(Br)cc2)C1. The van der Waals surface area contributed by atoms with E-state index in [0.29, 0.717) is 19.5 Å². The lowest BCUT2D eigenvalue weighted by Gasteiger charge is -2.15. The number of carbonyl (C=O) groups excluding carboxylic acids is 1. The molecule has 1 amide bonds. The zero-order valence-electron chi connectivity index (χ0n) is 8.69. The number of likely N-dealkylation sites (tertiary alicyclic amines) is 1. The van der Waals surface area contributed by atoms with Crippen molar-refractivity contribution in [1.82, 2.24) is 4.90 Å². The molecule has 1 aromatic carbocycles. The Hall–Kier alpha value is -1.34. The van der Waals surface area contributed by atoms with Gasteiger partial charge >= 0.3 is 0 Å². The summed E-state index contributed by atoms with van der Waals surface area (Å²) in [4.78, 5) is 13.3. The van der Waals surface area contributed by atoms with Gasteiger partial charge in [-0.05, 0) is 17.7 Å². The Morgan fingerprint density at radius 2 is 2.12 bits per heavy atom. The van der Waals surface area contributed by atoms with Gasteiger partial charge in [0.1, 0.15) is 0 Å². The van der Waals surface area contributed by atoms with Crippen LogP contribution in [-0.2, 0) is 11.3 Å². The third kappa shape index (κ3) is 2.42. The van der Waals surface area contributed by atoms with E-state index >= 15 is 0 Å². The smallest absolute Gasteiger partial charge is 0.224 e. The van der Waals surface area contributed by atoms with Crippen LogP contribution in [0.1, 0.15) is 12.0 Å². The van der Waals surface area contributed by atoms with E-state index in [1.807, 2.05) is 24.3 Å². The second-order valence-electron chi connectivity index (χ2n) is 3.93. The fourth-order valence-corrected chi connectivity index (χ4v) is 2.09. The summed E-state index contributed by atoms with van der Waals surface area (Å²) in [5.41, 5.74) is 1.09. The first-order chi connectivity index (χ1) is 7.69. The van der Waals surface area contributed by atoms with Gasteiger partial charge in [0.15, 0.2) is 0 Å². The Morgan fingerprint density at radius 1 is 1.44 bits per heavy atom. The van der Waals surface area contributed by atoms with E-state index < -0.39 is 0 Å². The van der Waals surface area contributed by atoms with Gasteiger partial charge in [0.2, 0.25) is 5.91 Å². The molecule has 2 rings (SSSR count). The van der Waals surface area contributed by atoms with E-state index in [9.17, 15) is 4.79 Å². The zero-order chi connectivity index (χ0) is 11.5. The van der Waals surface area contributed by atoms with Gasteiger partial charge in [-0.25, -0.2) is 0 Å². The molecule has 16 heavy (non-hydrogen) atoms. The first-order valence-electron chi connectivity index (χ1n) is 5.11. The standard InChI is InChI=1S/C12H11BrN2O/c13-11-3-1-9(2-4-11)7-15-8-10(6-14)5-12(15)16/h1-4,10H,5,7-8H2. The van der Waals surface area contributed by atoms with Crippen molar-refractivity contribution < 1.29 is 4.79 Å². The number of nitriles is 1. The number of nitrogens with zero attached hydrogens (tertiary/aromatic N) is 2. The van der Waals surface area contributed by atoms with Crippen LogP contribution in [0.5, 0.6) is 0 Å². The zero-order valence-corrected chi connectivity index (χ0v) is 10.3. The predicted octanol–water partition coefficient (Wildman–Crippen LogP) is 2.32. The van der Waals surface area contributed by atoms with Gasteiger partial charge in [0.05, 0.1) is 12.0 Å². The fraction of sp³-hybridized carbons (Fsp3) is 0.333. The molecule has 1 aliphatic heterocycles. The van der Waals surface area contributed by atoms with Crippen molar-refractivity contribution in [3.05, 3.63) is 34.3 Å². The maximum Gasteiger partial charge on any atom is 0.224 e. The largest absolute Gasteiger partial charge is 0.337 e. The van der Waals surface area contributed by atoms with Crippen molar-refractivity contribution in [3.63, 3.8) is 0 Å².